The molecule has 0 aliphatic heterocycles. The van der Waals surface area contributed by atoms with Crippen molar-refractivity contribution in [2.45, 2.75) is 18.4 Å². The highest BCUT2D eigenvalue weighted by Gasteiger charge is 2.45. The number of nitrogens with one attached hydrogen (secondary N) is 2. The summed E-state index contributed by atoms with van der Waals surface area (Å²) in [5, 5.41) is 5.40. The van der Waals surface area contributed by atoms with E-state index in [2.05, 4.69) is 26.7 Å². The standard InChI is InChI=1S/C12H13N5OS/c13-17-10(18)8-6-14-11(15-7-8)16-12(3-4-12)9-2-1-5-19-9/h1-2,5-7H,3-4,13H2,(H,17,18)(H,14,15,16). The first-order valence-electron chi connectivity index (χ1n) is 5.89. The summed E-state index contributed by atoms with van der Waals surface area (Å²) in [5.41, 5.74) is 2.37. The Morgan fingerprint density at radius 2 is 2.11 bits per heavy atom. The van der Waals surface area contributed by atoms with Gasteiger partial charge in [0.2, 0.25) is 5.95 Å². The van der Waals surface area contributed by atoms with Crippen molar-refractivity contribution in [3.8, 4) is 0 Å². The topological polar surface area (TPSA) is 92.9 Å². The van der Waals surface area contributed by atoms with Crippen molar-refractivity contribution in [3.63, 3.8) is 0 Å². The normalized spacial score (nSPS) is 15.8. The molecule has 0 saturated heterocycles. The Labute approximate surface area is 114 Å². The number of thiophene rings is 1. The van der Waals surface area contributed by atoms with E-state index in [4.69, 9.17) is 5.84 Å². The highest BCUT2D eigenvalue weighted by molar-refractivity contribution is 7.10. The molecule has 1 amide bonds. The molecule has 7 heteroatoms. The van der Waals surface area contributed by atoms with Crippen LogP contribution in [0.4, 0.5) is 5.95 Å². The third kappa shape index (κ3) is 2.29. The fraction of sp³-hybridized carbons (Fsp3) is 0.250. The summed E-state index contributed by atoms with van der Waals surface area (Å²) in [7, 11) is 0. The summed E-state index contributed by atoms with van der Waals surface area (Å²) in [5.74, 6) is 5.18. The van der Waals surface area contributed by atoms with Crippen LogP contribution in [0.1, 0.15) is 28.1 Å². The van der Waals surface area contributed by atoms with Crippen LogP contribution in [0.5, 0.6) is 0 Å². The molecule has 2 heterocycles. The van der Waals surface area contributed by atoms with E-state index in [-0.39, 0.29) is 5.54 Å². The van der Waals surface area contributed by atoms with E-state index >= 15 is 0 Å². The van der Waals surface area contributed by atoms with Gasteiger partial charge in [0.05, 0.1) is 11.1 Å². The zero-order valence-corrected chi connectivity index (χ0v) is 10.9. The maximum Gasteiger partial charge on any atom is 0.268 e. The van der Waals surface area contributed by atoms with Gasteiger partial charge in [-0.25, -0.2) is 15.8 Å². The van der Waals surface area contributed by atoms with E-state index in [1.807, 2.05) is 11.5 Å². The second-order valence-electron chi connectivity index (χ2n) is 4.45. The molecule has 0 spiro atoms. The minimum absolute atomic E-state index is 0.0220. The Balaban J connectivity index is 1.76. The fourth-order valence-electron chi connectivity index (χ4n) is 1.92. The van der Waals surface area contributed by atoms with Crippen LogP contribution in [0.15, 0.2) is 29.9 Å². The highest BCUT2D eigenvalue weighted by Crippen LogP contribution is 2.49. The van der Waals surface area contributed by atoms with Crippen molar-refractivity contribution in [2.24, 2.45) is 5.84 Å². The first-order valence-corrected chi connectivity index (χ1v) is 6.77. The number of anilines is 1. The van der Waals surface area contributed by atoms with E-state index in [0.717, 1.165) is 12.8 Å². The van der Waals surface area contributed by atoms with Crippen molar-refractivity contribution in [1.29, 1.82) is 0 Å². The molecular weight excluding hydrogens is 262 g/mol. The predicted molar refractivity (Wildman–Crippen MR) is 72.5 cm³/mol. The molecule has 1 fully saturated rings. The Kier molecular flexibility index (Phi) is 2.92. The lowest BCUT2D eigenvalue weighted by Crippen LogP contribution is -2.30. The molecule has 0 radical (unpaired) electrons. The second kappa shape index (κ2) is 4.60. The number of carbonyl (C=O) groups is 1. The molecule has 0 unspecified atom stereocenters. The Bertz CT molecular complexity index is 577. The SMILES string of the molecule is NNC(=O)c1cnc(NC2(c3cccs3)CC2)nc1. The number of rotatable bonds is 4. The minimum atomic E-state index is -0.397. The van der Waals surface area contributed by atoms with Crippen LogP contribution < -0.4 is 16.6 Å². The maximum atomic E-state index is 11.3. The Morgan fingerprint density at radius 3 is 2.63 bits per heavy atom. The van der Waals surface area contributed by atoms with Gasteiger partial charge < -0.3 is 5.32 Å². The lowest BCUT2D eigenvalue weighted by molar-refractivity contribution is 0.0953. The lowest BCUT2D eigenvalue weighted by Gasteiger charge is -2.15. The van der Waals surface area contributed by atoms with E-state index in [9.17, 15) is 4.79 Å². The van der Waals surface area contributed by atoms with E-state index in [0.29, 0.717) is 11.5 Å². The molecular formula is C12H13N5OS. The molecule has 0 atom stereocenters. The van der Waals surface area contributed by atoms with Crippen LogP contribution >= 0.6 is 11.3 Å². The molecule has 1 saturated carbocycles. The number of hydrogen-bond donors (Lipinski definition) is 3. The molecule has 3 rings (SSSR count). The lowest BCUT2D eigenvalue weighted by atomic mass is 10.2. The van der Waals surface area contributed by atoms with E-state index < -0.39 is 5.91 Å². The summed E-state index contributed by atoms with van der Waals surface area (Å²) in [4.78, 5) is 20.9. The van der Waals surface area contributed by atoms with Crippen molar-refractivity contribution in [2.75, 3.05) is 5.32 Å². The number of aromatic nitrogens is 2. The Morgan fingerprint density at radius 1 is 1.37 bits per heavy atom. The van der Waals surface area contributed by atoms with Crippen molar-refractivity contribution < 1.29 is 4.79 Å². The van der Waals surface area contributed by atoms with Crippen molar-refractivity contribution in [1.82, 2.24) is 15.4 Å². The van der Waals surface area contributed by atoms with Crippen LogP contribution in [-0.4, -0.2) is 15.9 Å². The quantitative estimate of drug-likeness (QED) is 0.443. The third-order valence-corrected chi connectivity index (χ3v) is 4.21. The highest BCUT2D eigenvalue weighted by atomic mass is 32.1. The van der Waals surface area contributed by atoms with Gasteiger partial charge in [0.1, 0.15) is 0 Å². The molecule has 0 bridgehead atoms. The summed E-state index contributed by atoms with van der Waals surface area (Å²) >= 11 is 1.72. The molecule has 98 valence electrons. The van der Waals surface area contributed by atoms with E-state index in [1.54, 1.807) is 11.3 Å². The van der Waals surface area contributed by atoms with Gasteiger partial charge in [-0.15, -0.1) is 11.3 Å². The summed E-state index contributed by atoms with van der Waals surface area (Å²) in [6.45, 7) is 0. The molecule has 2 aromatic rings. The molecule has 1 aliphatic rings. The van der Waals surface area contributed by atoms with Crippen LogP contribution in [0, 0.1) is 0 Å². The number of hydrazine groups is 1. The predicted octanol–water partition coefficient (Wildman–Crippen LogP) is 1.24. The van der Waals surface area contributed by atoms with Crippen molar-refractivity contribution in [3.05, 3.63) is 40.3 Å². The fourth-order valence-corrected chi connectivity index (χ4v) is 2.86. The molecule has 19 heavy (non-hydrogen) atoms. The van der Waals surface area contributed by atoms with Gasteiger partial charge in [0.15, 0.2) is 0 Å². The van der Waals surface area contributed by atoms with Crippen LogP contribution in [0.25, 0.3) is 0 Å². The largest absolute Gasteiger partial charge is 0.344 e. The zero-order valence-electron chi connectivity index (χ0n) is 10.1. The van der Waals surface area contributed by atoms with Crippen LogP contribution in [0.3, 0.4) is 0 Å². The summed E-state index contributed by atoms with van der Waals surface area (Å²) in [6, 6.07) is 4.15. The number of nitrogens with zero attached hydrogens (tertiary/aromatic N) is 2. The molecule has 1 aliphatic carbocycles. The van der Waals surface area contributed by atoms with Gasteiger partial charge in [-0.3, -0.25) is 10.2 Å². The monoisotopic (exact) mass is 275 g/mol. The number of hydrogen-bond acceptors (Lipinski definition) is 6. The maximum absolute atomic E-state index is 11.3. The second-order valence-corrected chi connectivity index (χ2v) is 5.40. The molecule has 0 aromatic carbocycles. The van der Waals surface area contributed by atoms with Crippen LogP contribution in [-0.2, 0) is 5.54 Å². The third-order valence-electron chi connectivity index (χ3n) is 3.14. The van der Waals surface area contributed by atoms with Gasteiger partial charge >= 0.3 is 0 Å². The number of nitrogens with two attached hydrogens (primary N) is 1. The molecule has 2 aromatic heterocycles. The summed E-state index contributed by atoms with van der Waals surface area (Å²) in [6.07, 6.45) is 5.06. The average Bonchev–Trinajstić information content (AvgIpc) is 3.02. The minimum Gasteiger partial charge on any atom is -0.344 e. The first-order chi connectivity index (χ1) is 9.23. The average molecular weight is 275 g/mol. The number of amides is 1. The van der Waals surface area contributed by atoms with Crippen LogP contribution in [0.2, 0.25) is 0 Å². The van der Waals surface area contributed by atoms with Gasteiger partial charge in [-0.1, -0.05) is 6.07 Å². The zero-order chi connectivity index (χ0) is 13.3. The van der Waals surface area contributed by atoms with Gasteiger partial charge in [0, 0.05) is 17.3 Å². The summed E-state index contributed by atoms with van der Waals surface area (Å²) < 4.78 is 0. The van der Waals surface area contributed by atoms with Gasteiger partial charge in [-0.05, 0) is 24.3 Å². The smallest absolute Gasteiger partial charge is 0.268 e. The number of nitrogen functional groups attached to an aromatic ring is 1. The van der Waals surface area contributed by atoms with Gasteiger partial charge in [0.25, 0.3) is 5.91 Å². The molecule has 6 nitrogen and oxygen atoms in total. The van der Waals surface area contributed by atoms with E-state index in [1.165, 1.54) is 17.3 Å². The molecule has 4 N–H and O–H groups in total. The number of carbonyl (C=O) groups excluding carboxylic acids is 1. The Hall–Kier alpha value is -1.99. The first kappa shape index (κ1) is 12.1. The van der Waals surface area contributed by atoms with Crippen molar-refractivity contribution >= 4 is 23.2 Å². The van der Waals surface area contributed by atoms with Gasteiger partial charge in [-0.2, -0.15) is 0 Å².